The van der Waals surface area contributed by atoms with Crippen LogP contribution < -0.4 is 5.32 Å². The Morgan fingerprint density at radius 1 is 1.03 bits per heavy atom. The van der Waals surface area contributed by atoms with Crippen LogP contribution in [0.15, 0.2) is 47.6 Å². The highest BCUT2D eigenvalue weighted by molar-refractivity contribution is 6.04. The number of piperazine rings is 1. The van der Waals surface area contributed by atoms with Gasteiger partial charge in [-0.05, 0) is 60.8 Å². The second-order valence-electron chi connectivity index (χ2n) is 9.60. The minimum atomic E-state index is -0.160. The summed E-state index contributed by atoms with van der Waals surface area (Å²) in [4.78, 5) is 29.2. The van der Waals surface area contributed by atoms with Crippen molar-refractivity contribution < 1.29 is 14.3 Å². The highest BCUT2D eigenvalue weighted by atomic mass is 16.5. The SMILES string of the molecule is CCCCOC(=O)CN1CCc2cc(NC(=O)c3ccc(/C=N/N4CCN(C)CC4)cc3)ccc2C1. The van der Waals surface area contributed by atoms with E-state index in [1.165, 1.54) is 11.1 Å². The number of nitrogens with one attached hydrogen (secondary N) is 1. The first-order valence-electron chi connectivity index (χ1n) is 12.9. The van der Waals surface area contributed by atoms with E-state index in [0.717, 1.165) is 63.2 Å². The lowest BCUT2D eigenvalue weighted by atomic mass is 9.99. The van der Waals surface area contributed by atoms with Crippen molar-refractivity contribution in [3.63, 3.8) is 0 Å². The molecular formula is C28H37N5O3. The molecular weight excluding hydrogens is 454 g/mol. The summed E-state index contributed by atoms with van der Waals surface area (Å²) in [7, 11) is 2.12. The number of nitrogens with zero attached hydrogens (tertiary/aromatic N) is 4. The van der Waals surface area contributed by atoms with Crippen molar-refractivity contribution in [2.45, 2.75) is 32.7 Å². The van der Waals surface area contributed by atoms with Crippen LogP contribution in [0.1, 0.15) is 46.8 Å². The predicted octanol–water partition coefficient (Wildman–Crippen LogP) is 3.22. The van der Waals surface area contributed by atoms with E-state index in [1.807, 2.05) is 48.7 Å². The average Bonchev–Trinajstić information content (AvgIpc) is 2.89. The van der Waals surface area contributed by atoms with Gasteiger partial charge in [-0.3, -0.25) is 19.5 Å². The van der Waals surface area contributed by atoms with Crippen LogP contribution in [0.4, 0.5) is 5.69 Å². The second kappa shape index (κ2) is 12.6. The Labute approximate surface area is 213 Å². The van der Waals surface area contributed by atoms with E-state index >= 15 is 0 Å². The molecule has 2 aliphatic heterocycles. The molecule has 8 nitrogen and oxygen atoms in total. The summed E-state index contributed by atoms with van der Waals surface area (Å²) in [5, 5.41) is 9.65. The zero-order valence-electron chi connectivity index (χ0n) is 21.4. The Hall–Kier alpha value is -3.23. The maximum absolute atomic E-state index is 12.8. The summed E-state index contributed by atoms with van der Waals surface area (Å²) in [6, 6.07) is 13.5. The van der Waals surface area contributed by atoms with Gasteiger partial charge in [-0.1, -0.05) is 31.5 Å². The number of likely N-dealkylation sites (N-methyl/N-ethyl adjacent to an activating group) is 1. The number of hydrogen-bond donors (Lipinski definition) is 1. The molecule has 8 heteroatoms. The summed E-state index contributed by atoms with van der Waals surface area (Å²) >= 11 is 0. The number of amides is 1. The van der Waals surface area contributed by atoms with Crippen LogP contribution in [0.3, 0.4) is 0 Å². The summed E-state index contributed by atoms with van der Waals surface area (Å²) < 4.78 is 5.29. The molecule has 0 spiro atoms. The number of hydrazone groups is 1. The number of ether oxygens (including phenoxy) is 1. The topological polar surface area (TPSA) is 77.5 Å². The van der Waals surface area contributed by atoms with E-state index in [2.05, 4.69) is 39.2 Å². The Balaban J connectivity index is 1.28. The Bertz CT molecular complexity index is 1060. The fourth-order valence-electron chi connectivity index (χ4n) is 4.37. The highest BCUT2D eigenvalue weighted by Crippen LogP contribution is 2.23. The van der Waals surface area contributed by atoms with Gasteiger partial charge in [0.25, 0.3) is 5.91 Å². The van der Waals surface area contributed by atoms with Crippen LogP contribution in [-0.2, 0) is 22.5 Å². The summed E-state index contributed by atoms with van der Waals surface area (Å²) in [6.45, 7) is 8.29. The lowest BCUT2D eigenvalue weighted by molar-refractivity contribution is -0.145. The maximum Gasteiger partial charge on any atom is 0.320 e. The van der Waals surface area contributed by atoms with Crippen molar-refractivity contribution in [1.29, 1.82) is 0 Å². The standard InChI is InChI=1S/C28H37N5O3/c1-3-4-17-36-27(34)21-32-12-11-24-18-26(10-9-25(24)20-32)30-28(35)23-7-5-22(6-8-23)19-29-33-15-13-31(2)14-16-33/h5-10,18-19H,3-4,11-17,20-21H2,1-2H3,(H,30,35)/b29-19+. The number of anilines is 1. The lowest BCUT2D eigenvalue weighted by Crippen LogP contribution is -2.41. The summed E-state index contributed by atoms with van der Waals surface area (Å²) in [5.74, 6) is -0.294. The Kier molecular flexibility index (Phi) is 9.08. The van der Waals surface area contributed by atoms with Crippen molar-refractivity contribution in [2.24, 2.45) is 5.10 Å². The van der Waals surface area contributed by atoms with Crippen molar-refractivity contribution in [3.8, 4) is 0 Å². The van der Waals surface area contributed by atoms with E-state index in [9.17, 15) is 9.59 Å². The first-order chi connectivity index (χ1) is 17.5. The first kappa shape index (κ1) is 25.9. The lowest BCUT2D eigenvalue weighted by Gasteiger charge is -2.30. The molecule has 1 fully saturated rings. The molecule has 0 atom stereocenters. The molecule has 1 amide bonds. The highest BCUT2D eigenvalue weighted by Gasteiger charge is 2.20. The van der Waals surface area contributed by atoms with Crippen molar-refractivity contribution in [3.05, 3.63) is 64.7 Å². The van der Waals surface area contributed by atoms with E-state index in [1.54, 1.807) is 0 Å². The fourth-order valence-corrected chi connectivity index (χ4v) is 4.37. The Morgan fingerprint density at radius 2 is 1.81 bits per heavy atom. The number of benzene rings is 2. The van der Waals surface area contributed by atoms with Gasteiger partial charge >= 0.3 is 5.97 Å². The molecule has 1 N–H and O–H groups in total. The van der Waals surface area contributed by atoms with Gasteiger partial charge in [0, 0.05) is 50.5 Å². The van der Waals surface area contributed by atoms with Gasteiger partial charge in [0.05, 0.1) is 19.4 Å². The molecule has 0 saturated carbocycles. The minimum Gasteiger partial charge on any atom is -0.465 e. The molecule has 2 aromatic carbocycles. The molecule has 1 saturated heterocycles. The molecule has 2 aromatic rings. The van der Waals surface area contributed by atoms with E-state index in [-0.39, 0.29) is 11.9 Å². The van der Waals surface area contributed by atoms with Crippen LogP contribution in [-0.4, -0.2) is 85.8 Å². The van der Waals surface area contributed by atoms with Crippen LogP contribution in [0.2, 0.25) is 0 Å². The third-order valence-electron chi connectivity index (χ3n) is 6.69. The smallest absolute Gasteiger partial charge is 0.320 e. The van der Waals surface area contributed by atoms with Gasteiger partial charge in [0.15, 0.2) is 0 Å². The second-order valence-corrected chi connectivity index (χ2v) is 9.60. The summed E-state index contributed by atoms with van der Waals surface area (Å²) in [5.41, 5.74) is 4.76. The van der Waals surface area contributed by atoms with Crippen LogP contribution in [0.25, 0.3) is 0 Å². The molecule has 2 aliphatic rings. The van der Waals surface area contributed by atoms with Gasteiger partial charge in [-0.2, -0.15) is 5.10 Å². The zero-order valence-corrected chi connectivity index (χ0v) is 21.4. The normalized spacial score (nSPS) is 16.7. The van der Waals surface area contributed by atoms with Gasteiger partial charge in [-0.25, -0.2) is 0 Å². The van der Waals surface area contributed by atoms with Crippen molar-refractivity contribution in [1.82, 2.24) is 14.8 Å². The van der Waals surface area contributed by atoms with Gasteiger partial charge < -0.3 is 15.0 Å². The Morgan fingerprint density at radius 3 is 2.56 bits per heavy atom. The molecule has 2 heterocycles. The zero-order chi connectivity index (χ0) is 25.3. The van der Waals surface area contributed by atoms with Crippen LogP contribution in [0.5, 0.6) is 0 Å². The third kappa shape index (κ3) is 7.38. The number of hydrogen-bond acceptors (Lipinski definition) is 7. The number of carbonyl (C=O) groups is 2. The summed E-state index contributed by atoms with van der Waals surface area (Å²) in [6.07, 6.45) is 4.60. The predicted molar refractivity (Wildman–Crippen MR) is 142 cm³/mol. The third-order valence-corrected chi connectivity index (χ3v) is 6.69. The first-order valence-corrected chi connectivity index (χ1v) is 12.9. The number of esters is 1. The fraction of sp³-hybridized carbons (Fsp3) is 0.464. The van der Waals surface area contributed by atoms with Crippen molar-refractivity contribution in [2.75, 3.05) is 58.2 Å². The maximum atomic E-state index is 12.8. The van der Waals surface area contributed by atoms with Crippen LogP contribution >= 0.6 is 0 Å². The van der Waals surface area contributed by atoms with Crippen molar-refractivity contribution >= 4 is 23.8 Å². The molecule has 0 unspecified atom stereocenters. The van der Waals surface area contributed by atoms with E-state index < -0.39 is 0 Å². The molecule has 0 aliphatic carbocycles. The largest absolute Gasteiger partial charge is 0.465 e. The molecule has 0 bridgehead atoms. The monoisotopic (exact) mass is 491 g/mol. The quantitative estimate of drug-likeness (QED) is 0.330. The average molecular weight is 492 g/mol. The number of carbonyl (C=O) groups excluding carboxylic acids is 2. The van der Waals surface area contributed by atoms with Gasteiger partial charge in [-0.15, -0.1) is 0 Å². The van der Waals surface area contributed by atoms with E-state index in [4.69, 9.17) is 4.74 Å². The van der Waals surface area contributed by atoms with Gasteiger partial charge in [0.2, 0.25) is 0 Å². The molecule has 4 rings (SSSR count). The van der Waals surface area contributed by atoms with E-state index in [0.29, 0.717) is 25.3 Å². The molecule has 36 heavy (non-hydrogen) atoms. The molecule has 0 radical (unpaired) electrons. The molecule has 0 aromatic heterocycles. The number of unbranched alkanes of at least 4 members (excludes halogenated alkanes) is 1. The number of fused-ring (bicyclic) bond motifs is 1. The van der Waals surface area contributed by atoms with Crippen LogP contribution in [0, 0.1) is 0 Å². The molecule has 192 valence electrons. The number of rotatable bonds is 9. The van der Waals surface area contributed by atoms with Gasteiger partial charge in [0.1, 0.15) is 0 Å². The minimum absolute atomic E-state index is 0.134.